The maximum atomic E-state index is 9.60. The van der Waals surface area contributed by atoms with Crippen LogP contribution in [0, 0.1) is 0 Å². The molecule has 0 bridgehead atoms. The van der Waals surface area contributed by atoms with Crippen LogP contribution < -0.4 is 0 Å². The molecule has 0 N–H and O–H groups in total. The van der Waals surface area contributed by atoms with Gasteiger partial charge in [-0.25, -0.2) is 0 Å². The minimum Gasteiger partial charge on any atom is -0.374 e. The Kier molecular flexibility index (Phi) is 10.9. The molecule has 4 aromatic rings. The van der Waals surface area contributed by atoms with Crippen LogP contribution in [0.25, 0.3) is 10.4 Å². The number of nitrogens with zero attached hydrogens (tertiary/aromatic N) is 3. The number of benzene rings is 4. The number of hydrogen-bond donors (Lipinski definition) is 0. The Morgan fingerprint density at radius 3 is 1.68 bits per heavy atom. The summed E-state index contributed by atoms with van der Waals surface area (Å²) in [5, 5.41) is 4.19. The molecule has 0 saturated carbocycles. The van der Waals surface area contributed by atoms with Crippen LogP contribution in [-0.2, 0) is 38.8 Å². The van der Waals surface area contributed by atoms with E-state index in [-0.39, 0.29) is 6.61 Å². The first-order valence-corrected chi connectivity index (χ1v) is 14.5. The van der Waals surface area contributed by atoms with Crippen LogP contribution in [0.2, 0.25) is 0 Å². The Balaban J connectivity index is 1.42. The fourth-order valence-corrected chi connectivity index (χ4v) is 5.87. The lowest BCUT2D eigenvalue weighted by Gasteiger charge is -2.44. The van der Waals surface area contributed by atoms with E-state index in [1.165, 1.54) is 0 Å². The summed E-state index contributed by atoms with van der Waals surface area (Å²) in [6.45, 7) is 1.36. The molecule has 1 aliphatic rings. The number of ether oxygens (including phenoxy) is 4. The summed E-state index contributed by atoms with van der Waals surface area (Å²) in [5.74, 6) is 0. The molecule has 41 heavy (non-hydrogen) atoms. The second kappa shape index (κ2) is 15.4. The average Bonchev–Trinajstić information content (AvgIpc) is 3.03. The van der Waals surface area contributed by atoms with E-state index in [1.54, 1.807) is 11.8 Å². The van der Waals surface area contributed by atoms with Gasteiger partial charge in [0, 0.05) is 9.81 Å². The van der Waals surface area contributed by atoms with E-state index in [2.05, 4.69) is 10.0 Å². The molecule has 0 spiro atoms. The first kappa shape index (κ1) is 28.9. The van der Waals surface area contributed by atoms with Crippen LogP contribution in [0.15, 0.2) is 131 Å². The van der Waals surface area contributed by atoms with Crippen molar-refractivity contribution in [2.75, 3.05) is 6.61 Å². The summed E-state index contributed by atoms with van der Waals surface area (Å²) in [6.07, 6.45) is -1.63. The Labute approximate surface area is 245 Å². The van der Waals surface area contributed by atoms with Gasteiger partial charge in [0.1, 0.15) is 11.5 Å². The number of thioether (sulfide) groups is 1. The summed E-state index contributed by atoms with van der Waals surface area (Å²) in [5.41, 5.74) is 12.3. The second-order valence-corrected chi connectivity index (χ2v) is 10.9. The van der Waals surface area contributed by atoms with E-state index in [1.807, 2.05) is 121 Å². The molecule has 210 valence electrons. The predicted octanol–water partition coefficient (Wildman–Crippen LogP) is 7.57. The summed E-state index contributed by atoms with van der Waals surface area (Å²) in [4.78, 5) is 4.23. The van der Waals surface area contributed by atoms with E-state index in [9.17, 15) is 5.53 Å². The summed E-state index contributed by atoms with van der Waals surface area (Å²) in [6, 6.07) is 39.3. The molecular formula is C33H33N3O4S. The maximum Gasteiger partial charge on any atom is 0.136 e. The van der Waals surface area contributed by atoms with Gasteiger partial charge in [0.15, 0.2) is 0 Å². The average molecular weight is 568 g/mol. The zero-order chi connectivity index (χ0) is 28.1. The van der Waals surface area contributed by atoms with Crippen LogP contribution in [0.3, 0.4) is 0 Å². The van der Waals surface area contributed by atoms with Crippen LogP contribution in [0.5, 0.6) is 0 Å². The van der Waals surface area contributed by atoms with Gasteiger partial charge in [0.2, 0.25) is 0 Å². The van der Waals surface area contributed by atoms with Gasteiger partial charge < -0.3 is 18.9 Å². The zero-order valence-electron chi connectivity index (χ0n) is 22.6. The third-order valence-electron chi connectivity index (χ3n) is 6.76. The van der Waals surface area contributed by atoms with Crippen molar-refractivity contribution in [2.45, 2.75) is 54.5 Å². The normalized spacial score (nSPS) is 22.1. The third-order valence-corrected chi connectivity index (χ3v) is 7.92. The van der Waals surface area contributed by atoms with Crippen LogP contribution in [-0.4, -0.2) is 36.4 Å². The lowest BCUT2D eigenvalue weighted by atomic mass is 9.97. The van der Waals surface area contributed by atoms with Gasteiger partial charge >= 0.3 is 0 Å². The molecule has 0 aliphatic carbocycles. The molecule has 1 aliphatic heterocycles. The summed E-state index contributed by atoms with van der Waals surface area (Å²) >= 11 is 1.57. The maximum absolute atomic E-state index is 9.60. The lowest BCUT2D eigenvalue weighted by molar-refractivity contribution is -0.201. The molecule has 4 aromatic carbocycles. The van der Waals surface area contributed by atoms with Crippen molar-refractivity contribution in [1.82, 2.24) is 0 Å². The first-order chi connectivity index (χ1) is 20.3. The predicted molar refractivity (Wildman–Crippen MR) is 160 cm³/mol. The van der Waals surface area contributed by atoms with Crippen molar-refractivity contribution in [3.05, 3.63) is 148 Å². The van der Waals surface area contributed by atoms with Crippen LogP contribution in [0.4, 0.5) is 0 Å². The van der Waals surface area contributed by atoms with E-state index < -0.39 is 29.8 Å². The van der Waals surface area contributed by atoms with E-state index in [0.29, 0.717) is 19.8 Å². The SMILES string of the molecule is [N-]=[N+]=N[C@H]1[C@H](OCc2ccccc2)[C@@H](OCc2ccccc2)[C@H](Sc2ccccc2)O[C@@H]1COCc1ccccc1. The van der Waals surface area contributed by atoms with Gasteiger partial charge in [0.25, 0.3) is 0 Å². The Hall–Kier alpha value is -3.62. The highest BCUT2D eigenvalue weighted by molar-refractivity contribution is 7.99. The molecule has 0 radical (unpaired) electrons. The Morgan fingerprint density at radius 2 is 1.15 bits per heavy atom. The van der Waals surface area contributed by atoms with Gasteiger partial charge in [-0.2, -0.15) is 0 Å². The van der Waals surface area contributed by atoms with Crippen LogP contribution >= 0.6 is 11.8 Å². The van der Waals surface area contributed by atoms with Crippen molar-refractivity contribution < 1.29 is 18.9 Å². The van der Waals surface area contributed by atoms with Gasteiger partial charge in [-0.15, -0.1) is 0 Å². The van der Waals surface area contributed by atoms with Gasteiger partial charge in [-0.05, 0) is 34.4 Å². The molecule has 7 nitrogen and oxygen atoms in total. The standard InChI is InChI=1S/C33H33N3O4S/c34-36-35-30-29(24-37-21-25-13-5-1-6-14-25)40-33(41-28-19-11-4-12-20-28)32(39-23-27-17-9-3-10-18-27)31(30)38-22-26-15-7-2-8-16-26/h1-20,29-33H,21-24H2/t29-,30-,31+,32-,33+/m1/s1. The van der Waals surface area contributed by atoms with Crippen molar-refractivity contribution in [3.63, 3.8) is 0 Å². The minimum atomic E-state index is -0.659. The molecule has 0 amide bonds. The summed E-state index contributed by atoms with van der Waals surface area (Å²) < 4.78 is 25.9. The Bertz CT molecular complexity index is 1360. The molecule has 8 heteroatoms. The van der Waals surface area contributed by atoms with Crippen molar-refractivity contribution in [2.24, 2.45) is 5.11 Å². The monoisotopic (exact) mass is 567 g/mol. The molecule has 0 unspecified atom stereocenters. The third kappa shape index (κ3) is 8.44. The molecule has 0 aromatic heterocycles. The lowest BCUT2D eigenvalue weighted by Crippen LogP contribution is -2.58. The highest BCUT2D eigenvalue weighted by Gasteiger charge is 2.47. The van der Waals surface area contributed by atoms with E-state index in [0.717, 1.165) is 21.6 Å². The zero-order valence-corrected chi connectivity index (χ0v) is 23.5. The molecule has 1 fully saturated rings. The second-order valence-electron chi connectivity index (χ2n) is 9.69. The fourth-order valence-electron chi connectivity index (χ4n) is 4.72. The first-order valence-electron chi connectivity index (χ1n) is 13.6. The topological polar surface area (TPSA) is 85.7 Å². The molecule has 5 rings (SSSR count). The number of azide groups is 1. The minimum absolute atomic E-state index is 0.237. The molecular weight excluding hydrogens is 534 g/mol. The highest BCUT2D eigenvalue weighted by atomic mass is 32.2. The van der Waals surface area contributed by atoms with Crippen molar-refractivity contribution in [1.29, 1.82) is 0 Å². The van der Waals surface area contributed by atoms with E-state index in [4.69, 9.17) is 18.9 Å². The smallest absolute Gasteiger partial charge is 0.136 e. The van der Waals surface area contributed by atoms with E-state index >= 15 is 0 Å². The van der Waals surface area contributed by atoms with Gasteiger partial charge in [-0.1, -0.05) is 126 Å². The largest absolute Gasteiger partial charge is 0.374 e. The van der Waals surface area contributed by atoms with Crippen molar-refractivity contribution in [3.8, 4) is 0 Å². The molecule has 1 saturated heterocycles. The highest BCUT2D eigenvalue weighted by Crippen LogP contribution is 2.38. The van der Waals surface area contributed by atoms with Crippen LogP contribution in [0.1, 0.15) is 16.7 Å². The quantitative estimate of drug-likeness (QED) is 0.0945. The van der Waals surface area contributed by atoms with Crippen molar-refractivity contribution >= 4 is 11.8 Å². The Morgan fingerprint density at radius 1 is 0.659 bits per heavy atom. The fraction of sp³-hybridized carbons (Fsp3) is 0.273. The van der Waals surface area contributed by atoms with Gasteiger partial charge in [0.05, 0.1) is 44.7 Å². The molecule has 5 atom stereocenters. The molecule has 1 heterocycles. The van der Waals surface area contributed by atoms with Gasteiger partial charge in [-0.3, -0.25) is 0 Å². The summed E-state index contributed by atoms with van der Waals surface area (Å²) in [7, 11) is 0. The number of hydrogen-bond acceptors (Lipinski definition) is 6. The number of rotatable bonds is 13.